The number of amides is 3. The average molecular weight is 316 g/mol. The Morgan fingerprint density at radius 1 is 1.13 bits per heavy atom. The van der Waals surface area contributed by atoms with Crippen LogP contribution < -0.4 is 0 Å². The molecule has 122 valence electrons. The van der Waals surface area contributed by atoms with Crippen molar-refractivity contribution < 1.29 is 19.1 Å². The second kappa shape index (κ2) is 6.91. The maximum absolute atomic E-state index is 12.4. The smallest absolute Gasteiger partial charge is 0.242 e. The van der Waals surface area contributed by atoms with Crippen LogP contribution in [-0.4, -0.2) is 59.9 Å². The summed E-state index contributed by atoms with van der Waals surface area (Å²) in [6.07, 6.45) is 1.12. The highest BCUT2D eigenvalue weighted by Gasteiger charge is 2.33. The molecule has 0 aromatic heterocycles. The van der Waals surface area contributed by atoms with Crippen LogP contribution in [0.3, 0.4) is 0 Å². The first-order chi connectivity index (χ1) is 11.1. The number of carbonyl (C=O) groups excluding carboxylic acids is 3. The van der Waals surface area contributed by atoms with Gasteiger partial charge in [-0.1, -0.05) is 30.3 Å². The minimum Gasteiger partial charge on any atom is -0.374 e. The van der Waals surface area contributed by atoms with Crippen LogP contribution >= 0.6 is 0 Å². The Balaban J connectivity index is 1.56. The molecule has 3 rings (SSSR count). The summed E-state index contributed by atoms with van der Waals surface area (Å²) >= 11 is 0. The third kappa shape index (κ3) is 3.76. The predicted molar refractivity (Wildman–Crippen MR) is 82.4 cm³/mol. The zero-order valence-electron chi connectivity index (χ0n) is 12.9. The molecule has 6 heteroatoms. The Kier molecular flexibility index (Phi) is 4.71. The molecule has 2 aliphatic heterocycles. The molecule has 3 amide bonds. The number of benzene rings is 1. The van der Waals surface area contributed by atoms with Gasteiger partial charge in [0, 0.05) is 32.4 Å². The van der Waals surface area contributed by atoms with Crippen LogP contribution in [0.1, 0.15) is 18.4 Å². The molecule has 1 aromatic rings. The van der Waals surface area contributed by atoms with Crippen LogP contribution in [0.25, 0.3) is 0 Å². The van der Waals surface area contributed by atoms with Crippen molar-refractivity contribution in [2.75, 3.05) is 26.2 Å². The van der Waals surface area contributed by atoms with Crippen molar-refractivity contribution in [2.45, 2.75) is 25.4 Å². The van der Waals surface area contributed by atoms with E-state index in [0.29, 0.717) is 19.7 Å². The van der Waals surface area contributed by atoms with Crippen molar-refractivity contribution >= 4 is 17.7 Å². The summed E-state index contributed by atoms with van der Waals surface area (Å²) in [5.41, 5.74) is 1.16. The first-order valence-corrected chi connectivity index (χ1v) is 7.90. The lowest BCUT2D eigenvalue weighted by Gasteiger charge is -2.33. The van der Waals surface area contributed by atoms with Crippen LogP contribution in [0.15, 0.2) is 30.3 Å². The van der Waals surface area contributed by atoms with Crippen molar-refractivity contribution in [1.82, 2.24) is 9.80 Å². The van der Waals surface area contributed by atoms with Crippen LogP contribution in [0.4, 0.5) is 0 Å². The molecule has 0 aliphatic carbocycles. The van der Waals surface area contributed by atoms with Crippen LogP contribution in [0, 0.1) is 0 Å². The lowest BCUT2D eigenvalue weighted by atomic mass is 10.1. The number of rotatable bonds is 4. The molecule has 1 atom stereocenters. The molecular weight excluding hydrogens is 296 g/mol. The largest absolute Gasteiger partial charge is 0.374 e. The lowest BCUT2D eigenvalue weighted by molar-refractivity contribution is -0.148. The molecule has 0 saturated carbocycles. The third-order valence-electron chi connectivity index (χ3n) is 4.25. The number of hydrogen-bond donors (Lipinski definition) is 0. The number of imide groups is 1. The fraction of sp³-hybridized carbons (Fsp3) is 0.471. The summed E-state index contributed by atoms with van der Waals surface area (Å²) in [5, 5.41) is 0. The molecule has 0 unspecified atom stereocenters. The van der Waals surface area contributed by atoms with Crippen molar-refractivity contribution in [3.05, 3.63) is 35.9 Å². The second-order valence-corrected chi connectivity index (χ2v) is 5.90. The van der Waals surface area contributed by atoms with Gasteiger partial charge in [-0.25, -0.2) is 0 Å². The summed E-state index contributed by atoms with van der Waals surface area (Å²) in [6.45, 7) is 1.32. The number of likely N-dealkylation sites (tertiary alicyclic amines) is 1. The van der Waals surface area contributed by atoms with E-state index in [2.05, 4.69) is 0 Å². The van der Waals surface area contributed by atoms with E-state index < -0.39 is 0 Å². The maximum atomic E-state index is 12.4. The molecule has 2 fully saturated rings. The van der Waals surface area contributed by atoms with E-state index in [9.17, 15) is 14.4 Å². The summed E-state index contributed by atoms with van der Waals surface area (Å²) in [6, 6.07) is 9.99. The number of ether oxygens (including phenoxy) is 1. The highest BCUT2D eigenvalue weighted by Crippen LogP contribution is 2.15. The van der Waals surface area contributed by atoms with Crippen molar-refractivity contribution in [3.63, 3.8) is 0 Å². The third-order valence-corrected chi connectivity index (χ3v) is 4.25. The normalized spacial score (nSPS) is 21.8. The lowest BCUT2D eigenvalue weighted by Crippen LogP contribution is -2.50. The molecule has 6 nitrogen and oxygen atoms in total. The fourth-order valence-electron chi connectivity index (χ4n) is 2.98. The fourth-order valence-corrected chi connectivity index (χ4v) is 2.98. The van der Waals surface area contributed by atoms with Crippen LogP contribution in [-0.2, 0) is 25.5 Å². The Morgan fingerprint density at radius 2 is 1.83 bits per heavy atom. The second-order valence-electron chi connectivity index (χ2n) is 5.90. The molecule has 2 aliphatic rings. The number of morpholine rings is 1. The van der Waals surface area contributed by atoms with Crippen molar-refractivity contribution in [1.29, 1.82) is 0 Å². The predicted octanol–water partition coefficient (Wildman–Crippen LogP) is 0.605. The van der Waals surface area contributed by atoms with Gasteiger partial charge < -0.3 is 9.64 Å². The van der Waals surface area contributed by atoms with Gasteiger partial charge in [-0.3, -0.25) is 19.3 Å². The average Bonchev–Trinajstić information content (AvgIpc) is 2.88. The topological polar surface area (TPSA) is 66.9 Å². The van der Waals surface area contributed by atoms with E-state index in [4.69, 9.17) is 4.74 Å². The van der Waals surface area contributed by atoms with Crippen LogP contribution in [0.2, 0.25) is 0 Å². The van der Waals surface area contributed by atoms with E-state index in [0.717, 1.165) is 16.9 Å². The first-order valence-electron chi connectivity index (χ1n) is 7.90. The highest BCUT2D eigenvalue weighted by molar-refractivity contribution is 6.04. The molecule has 2 heterocycles. The van der Waals surface area contributed by atoms with E-state index in [1.165, 1.54) is 0 Å². The van der Waals surface area contributed by atoms with Gasteiger partial charge >= 0.3 is 0 Å². The standard InChI is InChI=1S/C17H20N2O4/c20-15-6-7-16(21)19(15)12-17(22)18-8-9-23-14(11-18)10-13-4-2-1-3-5-13/h1-5,14H,6-12H2/t14-/m0/s1. The van der Waals surface area contributed by atoms with Gasteiger partial charge in [-0.2, -0.15) is 0 Å². The monoisotopic (exact) mass is 316 g/mol. The number of hydrogen-bond acceptors (Lipinski definition) is 4. The van der Waals surface area contributed by atoms with E-state index in [1.54, 1.807) is 4.90 Å². The summed E-state index contributed by atoms with van der Waals surface area (Å²) < 4.78 is 5.73. The Morgan fingerprint density at radius 3 is 2.52 bits per heavy atom. The summed E-state index contributed by atoms with van der Waals surface area (Å²) in [7, 11) is 0. The first kappa shape index (κ1) is 15.7. The minimum absolute atomic E-state index is 0.0555. The molecule has 2 saturated heterocycles. The van der Waals surface area contributed by atoms with E-state index in [1.807, 2.05) is 30.3 Å². The summed E-state index contributed by atoms with van der Waals surface area (Å²) in [4.78, 5) is 38.4. The summed E-state index contributed by atoms with van der Waals surface area (Å²) in [5.74, 6) is -0.690. The van der Waals surface area contributed by atoms with Gasteiger partial charge in [-0.05, 0) is 5.56 Å². The van der Waals surface area contributed by atoms with Gasteiger partial charge in [0.15, 0.2) is 0 Å². The number of carbonyl (C=O) groups is 3. The van der Waals surface area contributed by atoms with Crippen molar-refractivity contribution in [3.8, 4) is 0 Å². The van der Waals surface area contributed by atoms with Gasteiger partial charge in [0.05, 0.1) is 12.7 Å². The van der Waals surface area contributed by atoms with Gasteiger partial charge in [0.1, 0.15) is 6.54 Å². The zero-order chi connectivity index (χ0) is 16.2. The van der Waals surface area contributed by atoms with E-state index in [-0.39, 0.29) is 43.2 Å². The van der Waals surface area contributed by atoms with Crippen LogP contribution in [0.5, 0.6) is 0 Å². The zero-order valence-corrected chi connectivity index (χ0v) is 12.9. The molecule has 23 heavy (non-hydrogen) atoms. The van der Waals surface area contributed by atoms with Gasteiger partial charge in [-0.15, -0.1) is 0 Å². The SMILES string of the molecule is O=C(CN1C(=O)CCC1=O)N1CCO[C@@H](Cc2ccccc2)C1. The molecule has 0 bridgehead atoms. The molecule has 0 radical (unpaired) electrons. The van der Waals surface area contributed by atoms with Gasteiger partial charge in [0.25, 0.3) is 0 Å². The maximum Gasteiger partial charge on any atom is 0.242 e. The number of nitrogens with zero attached hydrogens (tertiary/aromatic N) is 2. The quantitative estimate of drug-likeness (QED) is 0.763. The van der Waals surface area contributed by atoms with Crippen molar-refractivity contribution in [2.24, 2.45) is 0 Å². The Bertz CT molecular complexity index is 586. The van der Waals surface area contributed by atoms with E-state index >= 15 is 0 Å². The highest BCUT2D eigenvalue weighted by atomic mass is 16.5. The Hall–Kier alpha value is -2.21. The molecule has 1 aromatic carbocycles. The molecule has 0 N–H and O–H groups in total. The molecular formula is C17H20N2O4. The Labute approximate surface area is 135 Å². The minimum atomic E-state index is -0.252. The molecule has 0 spiro atoms. The van der Waals surface area contributed by atoms with Gasteiger partial charge in [0.2, 0.25) is 17.7 Å².